The van der Waals surface area contributed by atoms with Crippen molar-refractivity contribution in [2.45, 2.75) is 38.8 Å². The van der Waals surface area contributed by atoms with Gasteiger partial charge in [0, 0.05) is 13.0 Å². The lowest BCUT2D eigenvalue weighted by molar-refractivity contribution is -0.139. The van der Waals surface area contributed by atoms with Crippen molar-refractivity contribution in [3.05, 3.63) is 22.7 Å². The molecule has 0 fully saturated rings. The van der Waals surface area contributed by atoms with E-state index in [9.17, 15) is 4.79 Å². The molecule has 0 radical (unpaired) electrons. The first-order chi connectivity index (χ1) is 10.1. The third-order valence-corrected chi connectivity index (χ3v) is 3.57. The van der Waals surface area contributed by atoms with Gasteiger partial charge >= 0.3 is 5.97 Å². The fourth-order valence-corrected chi connectivity index (χ4v) is 2.52. The molecule has 0 saturated carbocycles. The maximum atomic E-state index is 11.1. The zero-order chi connectivity index (χ0) is 15.2. The molecule has 0 aromatic heterocycles. The number of hydrogen-bond donors (Lipinski definition) is 2. The van der Waals surface area contributed by atoms with Crippen LogP contribution in [0.2, 0.25) is 5.02 Å². The number of hydrogen-bond acceptors (Lipinski definition) is 4. The molecule has 1 aromatic rings. The second-order valence-corrected chi connectivity index (χ2v) is 5.42. The monoisotopic (exact) mass is 313 g/mol. The molecule has 0 saturated heterocycles. The highest BCUT2D eigenvalue weighted by Crippen LogP contribution is 2.37. The molecule has 1 unspecified atom stereocenters. The number of carboxylic acids is 1. The summed E-state index contributed by atoms with van der Waals surface area (Å²) in [6.45, 7) is 3.56. The summed E-state index contributed by atoms with van der Waals surface area (Å²) >= 11 is 6.21. The highest BCUT2D eigenvalue weighted by molar-refractivity contribution is 6.32. The smallest absolute Gasteiger partial charge is 0.320 e. The van der Waals surface area contributed by atoms with Crippen molar-refractivity contribution >= 4 is 17.6 Å². The molecular formula is C15H20ClNO4. The number of fused-ring (bicyclic) bond motifs is 1. The van der Waals surface area contributed by atoms with E-state index in [1.165, 1.54) is 0 Å². The van der Waals surface area contributed by atoms with Gasteiger partial charge in [-0.05, 0) is 24.1 Å². The van der Waals surface area contributed by atoms with Crippen LogP contribution in [0.1, 0.15) is 31.7 Å². The van der Waals surface area contributed by atoms with E-state index in [0.717, 1.165) is 18.4 Å². The van der Waals surface area contributed by atoms with Crippen LogP contribution in [0.15, 0.2) is 12.1 Å². The average molecular weight is 314 g/mol. The number of nitrogens with one attached hydrogen (secondary N) is 1. The van der Waals surface area contributed by atoms with Gasteiger partial charge in [-0.1, -0.05) is 24.9 Å². The lowest BCUT2D eigenvalue weighted by Crippen LogP contribution is -2.36. The number of benzene rings is 1. The number of halogens is 1. The van der Waals surface area contributed by atoms with Gasteiger partial charge in [-0.3, -0.25) is 4.79 Å². The van der Waals surface area contributed by atoms with Gasteiger partial charge in [0.25, 0.3) is 0 Å². The Morgan fingerprint density at radius 3 is 2.90 bits per heavy atom. The molecule has 0 aliphatic carbocycles. The van der Waals surface area contributed by atoms with Gasteiger partial charge in [0.2, 0.25) is 0 Å². The van der Waals surface area contributed by atoms with Crippen molar-refractivity contribution in [2.24, 2.45) is 0 Å². The molecule has 1 aliphatic rings. The first-order valence-electron chi connectivity index (χ1n) is 7.16. The minimum Gasteiger partial charge on any atom is -0.489 e. The van der Waals surface area contributed by atoms with Crippen LogP contribution in [-0.4, -0.2) is 30.3 Å². The number of aliphatic carboxylic acids is 1. The molecule has 116 valence electrons. The minimum absolute atomic E-state index is 0.424. The molecule has 2 rings (SSSR count). The van der Waals surface area contributed by atoms with Gasteiger partial charge in [0.05, 0.1) is 18.2 Å². The zero-order valence-corrected chi connectivity index (χ0v) is 12.8. The Morgan fingerprint density at radius 2 is 2.19 bits per heavy atom. The molecule has 1 aliphatic heterocycles. The van der Waals surface area contributed by atoms with E-state index in [4.69, 9.17) is 26.2 Å². The van der Waals surface area contributed by atoms with Crippen LogP contribution < -0.4 is 14.8 Å². The van der Waals surface area contributed by atoms with Crippen LogP contribution in [0.25, 0.3) is 0 Å². The molecule has 6 heteroatoms. The third-order valence-electron chi connectivity index (χ3n) is 3.29. The number of rotatable bonds is 6. The van der Waals surface area contributed by atoms with E-state index < -0.39 is 12.0 Å². The van der Waals surface area contributed by atoms with Gasteiger partial charge in [0.1, 0.15) is 6.04 Å². The third kappa shape index (κ3) is 4.25. The molecule has 0 spiro atoms. The van der Waals surface area contributed by atoms with E-state index in [0.29, 0.717) is 42.7 Å². The summed E-state index contributed by atoms with van der Waals surface area (Å²) in [7, 11) is 0. The maximum Gasteiger partial charge on any atom is 0.320 e. The lowest BCUT2D eigenvalue weighted by Gasteiger charge is -2.15. The summed E-state index contributed by atoms with van der Waals surface area (Å²) in [5.74, 6) is 0.359. The predicted molar refractivity (Wildman–Crippen MR) is 80.2 cm³/mol. The summed E-state index contributed by atoms with van der Waals surface area (Å²) in [6, 6.07) is 3.09. The number of ether oxygens (including phenoxy) is 2. The second-order valence-electron chi connectivity index (χ2n) is 5.02. The van der Waals surface area contributed by atoms with Gasteiger partial charge in [-0.15, -0.1) is 0 Å². The normalized spacial score (nSPS) is 15.3. The van der Waals surface area contributed by atoms with Crippen LogP contribution >= 0.6 is 11.6 Å². The second kappa shape index (κ2) is 7.52. The molecule has 1 atom stereocenters. The standard InChI is InChI=1S/C15H20ClNO4/c1-2-4-12(15(18)19)17-9-10-7-11(16)14-13(8-10)20-5-3-6-21-14/h7-8,12,17H,2-6,9H2,1H3,(H,18,19). The molecule has 2 N–H and O–H groups in total. The average Bonchev–Trinajstić information content (AvgIpc) is 2.68. The fraction of sp³-hybridized carbons (Fsp3) is 0.533. The molecular weight excluding hydrogens is 294 g/mol. The Hall–Kier alpha value is -1.46. The van der Waals surface area contributed by atoms with Crippen molar-refractivity contribution in [2.75, 3.05) is 13.2 Å². The highest BCUT2D eigenvalue weighted by atomic mass is 35.5. The quantitative estimate of drug-likeness (QED) is 0.845. The van der Waals surface area contributed by atoms with Gasteiger partial charge in [-0.25, -0.2) is 0 Å². The summed E-state index contributed by atoms with van der Waals surface area (Å²) in [4.78, 5) is 11.1. The summed E-state index contributed by atoms with van der Waals surface area (Å²) in [6.07, 6.45) is 2.22. The Balaban J connectivity index is 2.08. The molecule has 1 aromatic carbocycles. The molecule has 1 heterocycles. The highest BCUT2D eigenvalue weighted by Gasteiger charge is 2.18. The summed E-state index contributed by atoms with van der Waals surface area (Å²) < 4.78 is 11.2. The van der Waals surface area contributed by atoms with Crippen molar-refractivity contribution in [3.63, 3.8) is 0 Å². The van der Waals surface area contributed by atoms with E-state index in [1.807, 2.05) is 13.0 Å². The van der Waals surface area contributed by atoms with E-state index >= 15 is 0 Å². The Labute approximate surface area is 129 Å². The van der Waals surface area contributed by atoms with Gasteiger partial charge in [-0.2, -0.15) is 0 Å². The SMILES string of the molecule is CCCC(NCc1cc(Cl)c2c(c1)OCCCO2)C(=O)O. The molecule has 5 nitrogen and oxygen atoms in total. The lowest BCUT2D eigenvalue weighted by atomic mass is 10.1. The summed E-state index contributed by atoms with van der Waals surface area (Å²) in [5.41, 5.74) is 0.881. The van der Waals surface area contributed by atoms with E-state index in [-0.39, 0.29) is 0 Å². The largest absolute Gasteiger partial charge is 0.489 e. The zero-order valence-electron chi connectivity index (χ0n) is 12.0. The Morgan fingerprint density at radius 1 is 1.43 bits per heavy atom. The van der Waals surface area contributed by atoms with Crippen molar-refractivity contribution in [1.82, 2.24) is 5.32 Å². The van der Waals surface area contributed by atoms with Crippen LogP contribution in [0.4, 0.5) is 0 Å². The first kappa shape index (κ1) is 15.9. The molecule has 0 bridgehead atoms. The Kier molecular flexibility index (Phi) is 5.70. The van der Waals surface area contributed by atoms with E-state index in [2.05, 4.69) is 5.32 Å². The van der Waals surface area contributed by atoms with Crippen LogP contribution in [-0.2, 0) is 11.3 Å². The van der Waals surface area contributed by atoms with Gasteiger partial charge in [0.15, 0.2) is 11.5 Å². The van der Waals surface area contributed by atoms with Crippen molar-refractivity contribution in [1.29, 1.82) is 0 Å². The Bertz CT molecular complexity index is 507. The summed E-state index contributed by atoms with van der Waals surface area (Å²) in [5, 5.41) is 12.7. The number of carboxylic acid groups (broad SMARTS) is 1. The van der Waals surface area contributed by atoms with Crippen LogP contribution in [0.5, 0.6) is 11.5 Å². The fourth-order valence-electron chi connectivity index (χ4n) is 2.23. The predicted octanol–water partition coefficient (Wildman–Crippen LogP) is 2.84. The van der Waals surface area contributed by atoms with Gasteiger partial charge < -0.3 is 19.9 Å². The first-order valence-corrected chi connectivity index (χ1v) is 7.53. The van der Waals surface area contributed by atoms with Crippen LogP contribution in [0.3, 0.4) is 0 Å². The number of carbonyl (C=O) groups is 1. The van der Waals surface area contributed by atoms with E-state index in [1.54, 1.807) is 6.07 Å². The topological polar surface area (TPSA) is 67.8 Å². The molecule has 21 heavy (non-hydrogen) atoms. The molecule has 0 amide bonds. The van der Waals surface area contributed by atoms with Crippen LogP contribution in [0, 0.1) is 0 Å². The maximum absolute atomic E-state index is 11.1. The van der Waals surface area contributed by atoms with Crippen molar-refractivity contribution < 1.29 is 19.4 Å². The van der Waals surface area contributed by atoms with Crippen molar-refractivity contribution in [3.8, 4) is 11.5 Å². The minimum atomic E-state index is -0.836.